The number of benzene rings is 3. The van der Waals surface area contributed by atoms with Crippen LogP contribution in [0.4, 0.5) is 22.7 Å². The first-order valence-corrected chi connectivity index (χ1v) is 13.6. The molecule has 0 unspecified atom stereocenters. The molecule has 0 bridgehead atoms. The molecule has 0 saturated carbocycles. The molecule has 206 valence electrons. The summed E-state index contributed by atoms with van der Waals surface area (Å²) >= 11 is 0. The van der Waals surface area contributed by atoms with E-state index in [9.17, 15) is 10.2 Å². The molecule has 0 amide bonds. The van der Waals surface area contributed by atoms with E-state index in [0.717, 1.165) is 33.6 Å². The van der Waals surface area contributed by atoms with Crippen molar-refractivity contribution in [3.05, 3.63) is 70.8 Å². The quantitative estimate of drug-likeness (QED) is 0.261. The largest absolute Gasteiger partial charge is 0.505 e. The Bertz CT molecular complexity index is 1210. The highest BCUT2D eigenvalue weighted by Crippen LogP contribution is 2.43. The van der Waals surface area contributed by atoms with E-state index in [1.807, 2.05) is 36.4 Å². The van der Waals surface area contributed by atoms with Crippen molar-refractivity contribution >= 4 is 22.7 Å². The van der Waals surface area contributed by atoms with Gasteiger partial charge in [-0.25, -0.2) is 0 Å². The van der Waals surface area contributed by atoms with Crippen LogP contribution in [0, 0.1) is 0 Å². The molecular weight excluding hydrogens is 468 g/mol. The second-order valence-corrected chi connectivity index (χ2v) is 14.7. The number of nitrogens with one attached hydrogen (secondary N) is 2. The zero-order valence-corrected chi connectivity index (χ0v) is 25.5. The van der Waals surface area contributed by atoms with Crippen molar-refractivity contribution in [1.29, 1.82) is 0 Å². The average Bonchev–Trinajstić information content (AvgIpc) is 2.73. The Morgan fingerprint density at radius 3 is 1.11 bits per heavy atom. The normalized spacial score (nSPS) is 12.9. The van der Waals surface area contributed by atoms with Crippen molar-refractivity contribution in [3.63, 3.8) is 0 Å². The van der Waals surface area contributed by atoms with Crippen LogP contribution in [0.25, 0.3) is 0 Å². The number of rotatable bonds is 4. The monoisotopic (exact) mass is 516 g/mol. The second kappa shape index (κ2) is 9.87. The Hall–Kier alpha value is -3.14. The number of aromatic hydroxyl groups is 2. The molecule has 3 rings (SSSR count). The van der Waals surface area contributed by atoms with Crippen LogP contribution in [0.3, 0.4) is 0 Å². The van der Waals surface area contributed by atoms with Crippen LogP contribution in [0.2, 0.25) is 0 Å². The summed E-state index contributed by atoms with van der Waals surface area (Å²) < 4.78 is 0. The first kappa shape index (κ1) is 29.4. The smallest absolute Gasteiger partial charge is 0.142 e. The van der Waals surface area contributed by atoms with Gasteiger partial charge in [-0.3, -0.25) is 0 Å². The Kier molecular flexibility index (Phi) is 7.64. The fraction of sp³-hybridized carbons (Fsp3) is 0.471. The van der Waals surface area contributed by atoms with E-state index in [-0.39, 0.29) is 33.2 Å². The third-order valence-corrected chi connectivity index (χ3v) is 6.99. The summed E-state index contributed by atoms with van der Waals surface area (Å²) in [6.45, 7) is 25.8. The summed E-state index contributed by atoms with van der Waals surface area (Å²) in [6.07, 6.45) is 0. The van der Waals surface area contributed by atoms with Gasteiger partial charge in [0.05, 0.1) is 11.4 Å². The molecule has 4 N–H and O–H groups in total. The fourth-order valence-corrected chi connectivity index (χ4v) is 4.45. The van der Waals surface area contributed by atoms with Gasteiger partial charge in [-0.2, -0.15) is 0 Å². The molecule has 3 aromatic rings. The lowest BCUT2D eigenvalue weighted by atomic mass is 9.79. The van der Waals surface area contributed by atoms with Crippen molar-refractivity contribution in [2.45, 2.75) is 105 Å². The van der Waals surface area contributed by atoms with Crippen molar-refractivity contribution in [1.82, 2.24) is 0 Å². The summed E-state index contributed by atoms with van der Waals surface area (Å²) in [7, 11) is 0. The van der Waals surface area contributed by atoms with Gasteiger partial charge in [0.2, 0.25) is 0 Å². The Morgan fingerprint density at radius 1 is 0.474 bits per heavy atom. The molecule has 0 aliphatic heterocycles. The summed E-state index contributed by atoms with van der Waals surface area (Å²) in [4.78, 5) is 0. The molecule has 0 radical (unpaired) electrons. The SMILES string of the molecule is CC(C)(C)c1cc(Nc2cccc(Nc3cc(C(C)(C)C)cc(C(C)(C)C)c3O)c2)c(O)c(C(C)(C)C)c1. The van der Waals surface area contributed by atoms with Gasteiger partial charge in [0.25, 0.3) is 0 Å². The van der Waals surface area contributed by atoms with Crippen LogP contribution >= 0.6 is 0 Å². The summed E-state index contributed by atoms with van der Waals surface area (Å²) in [6, 6.07) is 16.3. The van der Waals surface area contributed by atoms with Crippen molar-refractivity contribution < 1.29 is 10.2 Å². The van der Waals surface area contributed by atoms with Crippen molar-refractivity contribution in [2.75, 3.05) is 10.6 Å². The lowest BCUT2D eigenvalue weighted by Crippen LogP contribution is -2.17. The summed E-state index contributed by atoms with van der Waals surface area (Å²) in [5.41, 5.74) is 6.70. The fourth-order valence-electron chi connectivity index (χ4n) is 4.45. The van der Waals surface area contributed by atoms with E-state index < -0.39 is 0 Å². The molecule has 4 nitrogen and oxygen atoms in total. The van der Waals surface area contributed by atoms with Crippen molar-refractivity contribution in [3.8, 4) is 11.5 Å². The minimum Gasteiger partial charge on any atom is -0.505 e. The average molecular weight is 517 g/mol. The Balaban J connectivity index is 2.04. The molecule has 0 aliphatic rings. The molecule has 0 atom stereocenters. The maximum absolute atomic E-state index is 11.2. The van der Waals surface area contributed by atoms with E-state index in [4.69, 9.17) is 0 Å². The summed E-state index contributed by atoms with van der Waals surface area (Å²) in [5.74, 6) is 0.545. The van der Waals surface area contributed by atoms with Gasteiger partial charge in [-0.05, 0) is 63.1 Å². The predicted molar refractivity (Wildman–Crippen MR) is 164 cm³/mol. The lowest BCUT2D eigenvalue weighted by molar-refractivity contribution is 0.446. The molecule has 4 heteroatoms. The van der Waals surface area contributed by atoms with Crippen LogP contribution in [-0.4, -0.2) is 10.2 Å². The minimum atomic E-state index is -0.203. The highest BCUT2D eigenvalue weighted by atomic mass is 16.3. The standard InChI is InChI=1S/C34H48N2O2/c1-31(2,3)21-16-25(33(7,8)9)29(37)27(18-21)35-23-14-13-15-24(20-23)36-28-19-22(32(4,5)6)17-26(30(28)38)34(10,11)12/h13-20,35-38H,1-12H3. The molecule has 0 saturated heterocycles. The molecule has 0 spiro atoms. The second-order valence-electron chi connectivity index (χ2n) is 14.7. The number of hydrogen-bond donors (Lipinski definition) is 4. The van der Waals surface area contributed by atoms with E-state index in [2.05, 4.69) is 106 Å². The first-order valence-electron chi connectivity index (χ1n) is 13.6. The van der Waals surface area contributed by atoms with Gasteiger partial charge in [-0.1, -0.05) is 101 Å². The number of phenolic OH excluding ortho intramolecular Hbond substituents is 2. The van der Waals surface area contributed by atoms with Crippen LogP contribution in [0.1, 0.15) is 105 Å². The molecular formula is C34H48N2O2. The number of anilines is 4. The zero-order valence-electron chi connectivity index (χ0n) is 25.5. The minimum absolute atomic E-state index is 0.0616. The van der Waals surface area contributed by atoms with Crippen LogP contribution in [0.15, 0.2) is 48.5 Å². The Labute approximate surface area is 230 Å². The lowest BCUT2D eigenvalue weighted by Gasteiger charge is -2.28. The van der Waals surface area contributed by atoms with Crippen molar-refractivity contribution in [2.24, 2.45) is 0 Å². The van der Waals surface area contributed by atoms with E-state index in [1.54, 1.807) is 0 Å². The molecule has 0 fully saturated rings. The first-order chi connectivity index (χ1) is 17.2. The topological polar surface area (TPSA) is 64.5 Å². The molecule has 0 heterocycles. The van der Waals surface area contributed by atoms with Crippen LogP contribution < -0.4 is 10.6 Å². The Morgan fingerprint density at radius 2 is 0.816 bits per heavy atom. The molecule has 0 aromatic heterocycles. The van der Waals surface area contributed by atoms with Gasteiger partial charge in [0, 0.05) is 22.5 Å². The molecule has 38 heavy (non-hydrogen) atoms. The summed E-state index contributed by atoms with van der Waals surface area (Å²) in [5, 5.41) is 29.4. The maximum Gasteiger partial charge on any atom is 0.142 e. The van der Waals surface area contributed by atoms with Crippen LogP contribution in [-0.2, 0) is 21.7 Å². The van der Waals surface area contributed by atoms with Gasteiger partial charge >= 0.3 is 0 Å². The van der Waals surface area contributed by atoms with Gasteiger partial charge in [0.1, 0.15) is 11.5 Å². The van der Waals surface area contributed by atoms with E-state index in [1.165, 1.54) is 0 Å². The van der Waals surface area contributed by atoms with Gasteiger partial charge in [0.15, 0.2) is 0 Å². The number of phenols is 2. The third kappa shape index (κ3) is 6.64. The highest BCUT2D eigenvalue weighted by Gasteiger charge is 2.26. The third-order valence-electron chi connectivity index (χ3n) is 6.99. The molecule has 0 aliphatic carbocycles. The van der Waals surface area contributed by atoms with Gasteiger partial charge in [-0.15, -0.1) is 0 Å². The highest BCUT2D eigenvalue weighted by molar-refractivity contribution is 5.75. The predicted octanol–water partition coefficient (Wildman–Crippen LogP) is 9.77. The zero-order chi connectivity index (χ0) is 28.8. The van der Waals surface area contributed by atoms with Gasteiger partial charge < -0.3 is 20.8 Å². The van der Waals surface area contributed by atoms with Crippen LogP contribution in [0.5, 0.6) is 11.5 Å². The maximum atomic E-state index is 11.2. The molecule has 3 aromatic carbocycles. The van der Waals surface area contributed by atoms with E-state index >= 15 is 0 Å². The van der Waals surface area contributed by atoms with E-state index in [0.29, 0.717) is 11.4 Å². The number of hydrogen-bond acceptors (Lipinski definition) is 4.